The number of ether oxygens (including phenoxy) is 2. The van der Waals surface area contributed by atoms with Crippen LogP contribution in [0.4, 0.5) is 0 Å². The van der Waals surface area contributed by atoms with Gasteiger partial charge in [-0.15, -0.1) is 0 Å². The average molecular weight is 236 g/mol. The number of aldehydes is 1. The molecule has 0 fully saturated rings. The third kappa shape index (κ3) is 4.19. The standard InChI is InChI=1S/C14H20O3/c1-4-14(11(2)9-15)17-10-12-5-7-13(16-3)8-6-12/h5-9,11,14H,4,10H2,1-3H3/t11-,14-/m0/s1. The quantitative estimate of drug-likeness (QED) is 0.683. The van der Waals surface area contributed by atoms with Gasteiger partial charge in [0.05, 0.1) is 19.8 Å². The molecule has 3 heteroatoms. The number of hydrogen-bond acceptors (Lipinski definition) is 3. The van der Waals surface area contributed by atoms with Gasteiger partial charge in [0.25, 0.3) is 0 Å². The fourth-order valence-corrected chi connectivity index (χ4v) is 1.65. The van der Waals surface area contributed by atoms with Crippen LogP contribution in [0.2, 0.25) is 0 Å². The molecule has 0 amide bonds. The first kappa shape index (κ1) is 13.7. The Hall–Kier alpha value is -1.35. The molecule has 1 aromatic rings. The van der Waals surface area contributed by atoms with Crippen molar-refractivity contribution in [3.8, 4) is 5.75 Å². The van der Waals surface area contributed by atoms with Crippen LogP contribution < -0.4 is 4.74 Å². The summed E-state index contributed by atoms with van der Waals surface area (Å²) in [6.07, 6.45) is 1.78. The van der Waals surface area contributed by atoms with Gasteiger partial charge in [-0.05, 0) is 24.1 Å². The topological polar surface area (TPSA) is 35.5 Å². The second-order valence-corrected chi connectivity index (χ2v) is 4.10. The normalized spacial score (nSPS) is 14.1. The molecule has 0 aromatic heterocycles. The van der Waals surface area contributed by atoms with E-state index >= 15 is 0 Å². The lowest BCUT2D eigenvalue weighted by atomic mass is 10.0. The van der Waals surface area contributed by atoms with E-state index in [9.17, 15) is 4.79 Å². The zero-order chi connectivity index (χ0) is 12.7. The molecule has 1 rings (SSSR count). The second-order valence-electron chi connectivity index (χ2n) is 4.10. The summed E-state index contributed by atoms with van der Waals surface area (Å²) in [7, 11) is 1.64. The third-order valence-electron chi connectivity index (χ3n) is 2.83. The van der Waals surface area contributed by atoms with Gasteiger partial charge in [0.1, 0.15) is 12.0 Å². The molecule has 0 aliphatic rings. The van der Waals surface area contributed by atoms with Gasteiger partial charge in [-0.25, -0.2) is 0 Å². The summed E-state index contributed by atoms with van der Waals surface area (Å²) in [4.78, 5) is 10.7. The minimum Gasteiger partial charge on any atom is -0.497 e. The van der Waals surface area contributed by atoms with Crippen molar-refractivity contribution in [3.63, 3.8) is 0 Å². The predicted octanol–water partition coefficient (Wildman–Crippen LogP) is 2.83. The average Bonchev–Trinajstić information content (AvgIpc) is 2.39. The van der Waals surface area contributed by atoms with E-state index in [2.05, 4.69) is 0 Å². The SMILES string of the molecule is CC[C@H](OCc1ccc(OC)cc1)[C@@H](C)C=O. The van der Waals surface area contributed by atoms with Crippen LogP contribution in [0.3, 0.4) is 0 Å². The van der Waals surface area contributed by atoms with E-state index in [4.69, 9.17) is 9.47 Å². The maximum absolute atomic E-state index is 10.7. The van der Waals surface area contributed by atoms with Crippen molar-refractivity contribution in [2.24, 2.45) is 5.92 Å². The van der Waals surface area contributed by atoms with Crippen LogP contribution in [0.5, 0.6) is 5.75 Å². The molecule has 0 bridgehead atoms. The van der Waals surface area contributed by atoms with Crippen LogP contribution in [0.1, 0.15) is 25.8 Å². The van der Waals surface area contributed by atoms with Crippen LogP contribution in [0, 0.1) is 5.92 Å². The number of methoxy groups -OCH3 is 1. The largest absolute Gasteiger partial charge is 0.497 e. The van der Waals surface area contributed by atoms with Gasteiger partial charge in [-0.1, -0.05) is 26.0 Å². The molecule has 0 heterocycles. The fraction of sp³-hybridized carbons (Fsp3) is 0.500. The van der Waals surface area contributed by atoms with Gasteiger partial charge in [0, 0.05) is 5.92 Å². The Morgan fingerprint density at radius 1 is 1.29 bits per heavy atom. The summed E-state index contributed by atoms with van der Waals surface area (Å²) in [5.41, 5.74) is 1.09. The Bertz CT molecular complexity index is 332. The minimum absolute atomic E-state index is 0.00500. The van der Waals surface area contributed by atoms with Crippen LogP contribution in [0.15, 0.2) is 24.3 Å². The van der Waals surface area contributed by atoms with E-state index < -0.39 is 0 Å². The first-order valence-electron chi connectivity index (χ1n) is 5.91. The van der Waals surface area contributed by atoms with Crippen molar-refractivity contribution in [2.45, 2.75) is 33.0 Å². The van der Waals surface area contributed by atoms with Crippen molar-refractivity contribution in [1.29, 1.82) is 0 Å². The molecule has 17 heavy (non-hydrogen) atoms. The van der Waals surface area contributed by atoms with Crippen molar-refractivity contribution in [2.75, 3.05) is 7.11 Å². The Morgan fingerprint density at radius 3 is 2.41 bits per heavy atom. The van der Waals surface area contributed by atoms with Crippen LogP contribution in [-0.4, -0.2) is 19.5 Å². The van der Waals surface area contributed by atoms with E-state index in [1.165, 1.54) is 0 Å². The summed E-state index contributed by atoms with van der Waals surface area (Å²) in [6, 6.07) is 7.75. The number of benzene rings is 1. The maximum Gasteiger partial charge on any atom is 0.125 e. The van der Waals surface area contributed by atoms with Crippen molar-refractivity contribution in [1.82, 2.24) is 0 Å². The van der Waals surface area contributed by atoms with Gasteiger partial charge in [-0.3, -0.25) is 0 Å². The maximum atomic E-state index is 10.7. The zero-order valence-corrected chi connectivity index (χ0v) is 10.7. The summed E-state index contributed by atoms with van der Waals surface area (Å²) < 4.78 is 10.8. The van der Waals surface area contributed by atoms with Crippen LogP contribution in [-0.2, 0) is 16.1 Å². The Labute approximate surface area is 103 Å². The first-order valence-corrected chi connectivity index (χ1v) is 5.91. The van der Waals surface area contributed by atoms with E-state index in [1.807, 2.05) is 38.1 Å². The summed E-state index contributed by atoms with van der Waals surface area (Å²) >= 11 is 0. The molecule has 0 saturated carbocycles. The van der Waals surface area contributed by atoms with Gasteiger partial charge in [-0.2, -0.15) is 0 Å². The molecule has 2 atom stereocenters. The molecule has 1 aromatic carbocycles. The van der Waals surface area contributed by atoms with E-state index in [-0.39, 0.29) is 12.0 Å². The van der Waals surface area contributed by atoms with Crippen molar-refractivity contribution in [3.05, 3.63) is 29.8 Å². The summed E-state index contributed by atoms with van der Waals surface area (Å²) in [6.45, 7) is 4.44. The molecule has 0 saturated heterocycles. The molecule has 0 aliphatic carbocycles. The summed E-state index contributed by atoms with van der Waals surface area (Å²) in [5, 5.41) is 0. The molecule has 0 spiro atoms. The predicted molar refractivity (Wildman–Crippen MR) is 67.1 cm³/mol. The van der Waals surface area contributed by atoms with Gasteiger partial charge in [0.15, 0.2) is 0 Å². The highest BCUT2D eigenvalue weighted by Crippen LogP contribution is 2.15. The van der Waals surface area contributed by atoms with Crippen LogP contribution >= 0.6 is 0 Å². The van der Waals surface area contributed by atoms with Gasteiger partial charge < -0.3 is 14.3 Å². The van der Waals surface area contributed by atoms with E-state index in [0.717, 1.165) is 24.0 Å². The number of carbonyl (C=O) groups is 1. The van der Waals surface area contributed by atoms with Crippen molar-refractivity contribution < 1.29 is 14.3 Å². The number of hydrogen-bond donors (Lipinski definition) is 0. The highest BCUT2D eigenvalue weighted by atomic mass is 16.5. The van der Waals surface area contributed by atoms with Crippen molar-refractivity contribution >= 4 is 6.29 Å². The van der Waals surface area contributed by atoms with E-state index in [1.54, 1.807) is 7.11 Å². The smallest absolute Gasteiger partial charge is 0.125 e. The fourth-order valence-electron chi connectivity index (χ4n) is 1.65. The number of carbonyl (C=O) groups excluding carboxylic acids is 1. The van der Waals surface area contributed by atoms with Gasteiger partial charge >= 0.3 is 0 Å². The minimum atomic E-state index is -0.0572. The van der Waals surface area contributed by atoms with Gasteiger partial charge in [0.2, 0.25) is 0 Å². The molecule has 3 nitrogen and oxygen atoms in total. The highest BCUT2D eigenvalue weighted by molar-refractivity contribution is 5.53. The monoisotopic (exact) mass is 236 g/mol. The molecule has 0 radical (unpaired) electrons. The first-order chi connectivity index (χ1) is 8.21. The molecular weight excluding hydrogens is 216 g/mol. The van der Waals surface area contributed by atoms with Crippen LogP contribution in [0.25, 0.3) is 0 Å². The second kappa shape index (κ2) is 7.07. The molecule has 0 N–H and O–H groups in total. The molecular formula is C14H20O3. The Kier molecular flexibility index (Phi) is 5.70. The zero-order valence-electron chi connectivity index (χ0n) is 10.7. The lowest BCUT2D eigenvalue weighted by molar-refractivity contribution is -0.115. The number of rotatable bonds is 7. The Balaban J connectivity index is 2.50. The van der Waals surface area contributed by atoms with E-state index in [0.29, 0.717) is 6.61 Å². The summed E-state index contributed by atoms with van der Waals surface area (Å²) in [5.74, 6) is 0.778. The Morgan fingerprint density at radius 2 is 1.94 bits per heavy atom. The lowest BCUT2D eigenvalue weighted by Gasteiger charge is -2.18. The molecule has 0 aliphatic heterocycles. The molecule has 94 valence electrons. The molecule has 0 unspecified atom stereocenters. The lowest BCUT2D eigenvalue weighted by Crippen LogP contribution is -2.21. The highest BCUT2D eigenvalue weighted by Gasteiger charge is 2.14. The third-order valence-corrected chi connectivity index (χ3v) is 2.83.